The Morgan fingerprint density at radius 1 is 1.56 bits per heavy atom. The average Bonchev–Trinajstić information content (AvgIpc) is 2.60. The van der Waals surface area contributed by atoms with Gasteiger partial charge in [0.2, 0.25) is 0 Å². The molecule has 0 aliphatic carbocycles. The van der Waals surface area contributed by atoms with Gasteiger partial charge in [-0.1, -0.05) is 13.8 Å². The van der Waals surface area contributed by atoms with E-state index in [1.165, 1.54) is 10.6 Å². The lowest BCUT2D eigenvalue weighted by atomic mass is 10.1. The van der Waals surface area contributed by atoms with Crippen LogP contribution in [0.15, 0.2) is 0 Å². The number of aromatic nitrogens is 1. The Balaban J connectivity index is 2.17. The lowest BCUT2D eigenvalue weighted by Gasteiger charge is -2.23. The zero-order valence-electron chi connectivity index (χ0n) is 10.2. The summed E-state index contributed by atoms with van der Waals surface area (Å²) in [5.74, 6) is 0.676. The Hall–Kier alpha value is -0.450. The Bertz CT molecular complexity index is 343. The van der Waals surface area contributed by atoms with Gasteiger partial charge in [-0.05, 0) is 19.3 Å². The molecule has 3 nitrogen and oxygen atoms in total. The summed E-state index contributed by atoms with van der Waals surface area (Å²) >= 11 is 1.82. The zero-order chi connectivity index (χ0) is 11.5. The van der Waals surface area contributed by atoms with E-state index in [1.807, 2.05) is 11.3 Å². The molecule has 0 amide bonds. The maximum atomic E-state index is 5.78. The highest BCUT2D eigenvalue weighted by molar-refractivity contribution is 7.11. The van der Waals surface area contributed by atoms with Crippen LogP contribution in [0.2, 0.25) is 0 Å². The standard InChI is InChI=1S/C12H20N2OS/c1-8(2)6-11-12(14-9(3)16-11)10-7-13-4-5-15-10/h8,10,13H,4-7H2,1-3H3. The first-order chi connectivity index (χ1) is 7.66. The molecular weight excluding hydrogens is 220 g/mol. The van der Waals surface area contributed by atoms with Crippen LogP contribution in [0.4, 0.5) is 0 Å². The van der Waals surface area contributed by atoms with Gasteiger partial charge in [-0.25, -0.2) is 4.98 Å². The third kappa shape index (κ3) is 2.81. The van der Waals surface area contributed by atoms with Crippen molar-refractivity contribution in [2.24, 2.45) is 5.92 Å². The third-order valence-corrected chi connectivity index (χ3v) is 3.67. The van der Waals surface area contributed by atoms with E-state index in [0.29, 0.717) is 5.92 Å². The van der Waals surface area contributed by atoms with Crippen LogP contribution in [0.5, 0.6) is 0 Å². The molecule has 0 spiro atoms. The third-order valence-electron chi connectivity index (χ3n) is 2.66. The molecule has 2 rings (SSSR count). The zero-order valence-corrected chi connectivity index (χ0v) is 11.1. The predicted molar refractivity (Wildman–Crippen MR) is 67.0 cm³/mol. The van der Waals surface area contributed by atoms with Crippen LogP contribution in [0.3, 0.4) is 0 Å². The van der Waals surface area contributed by atoms with E-state index in [2.05, 4.69) is 31.1 Å². The number of aryl methyl sites for hydroxylation is 1. The van der Waals surface area contributed by atoms with Crippen LogP contribution in [0.25, 0.3) is 0 Å². The minimum absolute atomic E-state index is 0.160. The van der Waals surface area contributed by atoms with Gasteiger partial charge in [0, 0.05) is 18.0 Å². The largest absolute Gasteiger partial charge is 0.369 e. The minimum Gasteiger partial charge on any atom is -0.369 e. The van der Waals surface area contributed by atoms with Crippen LogP contribution in [-0.4, -0.2) is 24.7 Å². The van der Waals surface area contributed by atoms with Gasteiger partial charge >= 0.3 is 0 Å². The summed E-state index contributed by atoms with van der Waals surface area (Å²) in [6.45, 7) is 9.22. The van der Waals surface area contributed by atoms with E-state index in [0.717, 1.165) is 31.1 Å². The highest BCUT2D eigenvalue weighted by atomic mass is 32.1. The number of thiazole rings is 1. The Morgan fingerprint density at radius 3 is 3.00 bits per heavy atom. The van der Waals surface area contributed by atoms with Crippen LogP contribution in [0.1, 0.15) is 35.5 Å². The molecule has 1 saturated heterocycles. The molecule has 16 heavy (non-hydrogen) atoms. The topological polar surface area (TPSA) is 34.2 Å². The molecule has 1 N–H and O–H groups in total. The number of nitrogens with one attached hydrogen (secondary N) is 1. The maximum Gasteiger partial charge on any atom is 0.113 e. The number of morpholine rings is 1. The number of hydrogen-bond donors (Lipinski definition) is 1. The fourth-order valence-electron chi connectivity index (χ4n) is 2.00. The number of rotatable bonds is 3. The second-order valence-electron chi connectivity index (χ2n) is 4.70. The molecular formula is C12H20N2OS. The van der Waals surface area contributed by atoms with Crippen LogP contribution in [-0.2, 0) is 11.2 Å². The highest BCUT2D eigenvalue weighted by Crippen LogP contribution is 2.28. The van der Waals surface area contributed by atoms with E-state index >= 15 is 0 Å². The minimum atomic E-state index is 0.160. The van der Waals surface area contributed by atoms with Gasteiger partial charge in [-0.15, -0.1) is 11.3 Å². The van der Waals surface area contributed by atoms with Crippen molar-refractivity contribution in [1.82, 2.24) is 10.3 Å². The average molecular weight is 240 g/mol. The molecule has 1 atom stereocenters. The lowest BCUT2D eigenvalue weighted by Crippen LogP contribution is -2.34. The van der Waals surface area contributed by atoms with E-state index < -0.39 is 0 Å². The number of hydrogen-bond acceptors (Lipinski definition) is 4. The molecule has 0 aromatic carbocycles. The molecule has 0 radical (unpaired) electrons. The summed E-state index contributed by atoms with van der Waals surface area (Å²) < 4.78 is 5.78. The molecule has 1 fully saturated rings. The van der Waals surface area contributed by atoms with Crippen molar-refractivity contribution in [1.29, 1.82) is 0 Å². The molecule has 1 aromatic heterocycles. The van der Waals surface area contributed by atoms with E-state index in [1.54, 1.807) is 0 Å². The summed E-state index contributed by atoms with van der Waals surface area (Å²) in [6, 6.07) is 0. The SMILES string of the molecule is Cc1nc(C2CNCCO2)c(CC(C)C)s1. The fourth-order valence-corrected chi connectivity index (χ4v) is 3.19. The van der Waals surface area contributed by atoms with Crippen molar-refractivity contribution in [3.63, 3.8) is 0 Å². The van der Waals surface area contributed by atoms with Crippen molar-refractivity contribution in [3.8, 4) is 0 Å². The first-order valence-corrected chi connectivity index (χ1v) is 6.77. The maximum absolute atomic E-state index is 5.78. The molecule has 90 valence electrons. The summed E-state index contributed by atoms with van der Waals surface area (Å²) in [6.07, 6.45) is 1.27. The highest BCUT2D eigenvalue weighted by Gasteiger charge is 2.22. The van der Waals surface area contributed by atoms with Crippen LogP contribution < -0.4 is 5.32 Å². The quantitative estimate of drug-likeness (QED) is 0.880. The van der Waals surface area contributed by atoms with Crippen LogP contribution in [0, 0.1) is 12.8 Å². The van der Waals surface area contributed by atoms with Gasteiger partial charge in [0.05, 0.1) is 17.3 Å². The first-order valence-electron chi connectivity index (χ1n) is 5.95. The van der Waals surface area contributed by atoms with E-state index in [4.69, 9.17) is 4.74 Å². The van der Waals surface area contributed by atoms with Crippen molar-refractivity contribution in [3.05, 3.63) is 15.6 Å². The molecule has 1 aliphatic heterocycles. The molecule has 2 heterocycles. The van der Waals surface area contributed by atoms with Crippen LogP contribution >= 0.6 is 11.3 Å². The number of nitrogens with zero attached hydrogens (tertiary/aromatic N) is 1. The molecule has 0 bridgehead atoms. The second-order valence-corrected chi connectivity index (χ2v) is 5.99. The fraction of sp³-hybridized carbons (Fsp3) is 0.750. The normalized spacial score (nSPS) is 21.6. The monoisotopic (exact) mass is 240 g/mol. The van der Waals surface area contributed by atoms with Crippen molar-refractivity contribution < 1.29 is 4.74 Å². The Labute approximate surface area is 101 Å². The molecule has 1 unspecified atom stereocenters. The summed E-state index contributed by atoms with van der Waals surface area (Å²) in [7, 11) is 0. The first kappa shape index (κ1) is 12.0. The molecule has 1 aromatic rings. The predicted octanol–water partition coefficient (Wildman–Crippen LogP) is 2.31. The van der Waals surface area contributed by atoms with Gasteiger partial charge in [0.1, 0.15) is 6.10 Å². The smallest absolute Gasteiger partial charge is 0.113 e. The summed E-state index contributed by atoms with van der Waals surface area (Å²) in [4.78, 5) is 6.04. The molecule has 1 aliphatic rings. The number of ether oxygens (including phenoxy) is 1. The van der Waals surface area contributed by atoms with E-state index in [-0.39, 0.29) is 6.10 Å². The van der Waals surface area contributed by atoms with Gasteiger partial charge in [-0.3, -0.25) is 0 Å². The molecule has 4 heteroatoms. The lowest BCUT2D eigenvalue weighted by molar-refractivity contribution is 0.0247. The van der Waals surface area contributed by atoms with Crippen molar-refractivity contribution in [2.45, 2.75) is 33.3 Å². The van der Waals surface area contributed by atoms with Gasteiger partial charge in [-0.2, -0.15) is 0 Å². The van der Waals surface area contributed by atoms with Gasteiger partial charge in [0.25, 0.3) is 0 Å². The van der Waals surface area contributed by atoms with Crippen molar-refractivity contribution >= 4 is 11.3 Å². The molecule has 0 saturated carbocycles. The van der Waals surface area contributed by atoms with E-state index in [9.17, 15) is 0 Å². The Kier molecular flexibility index (Phi) is 3.95. The van der Waals surface area contributed by atoms with Gasteiger partial charge < -0.3 is 10.1 Å². The van der Waals surface area contributed by atoms with Gasteiger partial charge in [0.15, 0.2) is 0 Å². The second kappa shape index (κ2) is 5.25. The summed E-state index contributed by atoms with van der Waals surface area (Å²) in [5.41, 5.74) is 1.17. The Morgan fingerprint density at radius 2 is 2.38 bits per heavy atom. The van der Waals surface area contributed by atoms with Crippen molar-refractivity contribution in [2.75, 3.05) is 19.7 Å². The summed E-state index contributed by atoms with van der Waals surface area (Å²) in [5, 5.41) is 4.52.